The maximum absolute atomic E-state index is 6.11. The number of hydrogen-bond donors (Lipinski definition) is 0. The molecule has 5 nitrogen and oxygen atoms in total. The molecule has 0 amide bonds. The zero-order valence-electron chi connectivity index (χ0n) is 12.4. The minimum absolute atomic E-state index is 0.199. The summed E-state index contributed by atoms with van der Waals surface area (Å²) in [5.41, 5.74) is 0.973. The van der Waals surface area contributed by atoms with Crippen molar-refractivity contribution in [3.05, 3.63) is 52.0 Å². The average molecular weight is 345 g/mol. The van der Waals surface area contributed by atoms with Crippen LogP contribution in [0.3, 0.4) is 0 Å². The van der Waals surface area contributed by atoms with Crippen LogP contribution in [0.25, 0.3) is 5.57 Å². The summed E-state index contributed by atoms with van der Waals surface area (Å²) in [4.78, 5) is 16.5. The molecule has 0 saturated heterocycles. The second-order valence-electron chi connectivity index (χ2n) is 4.15. The summed E-state index contributed by atoms with van der Waals surface area (Å²) < 4.78 is 5.34. The fourth-order valence-corrected chi connectivity index (χ4v) is 2.56. The van der Waals surface area contributed by atoms with Crippen LogP contribution in [0, 0.1) is 11.8 Å². The minimum Gasteiger partial charge on any atom is -0.463 e. The third kappa shape index (κ3) is 5.33. The highest BCUT2D eigenvalue weighted by molar-refractivity contribution is 7.13. The molecule has 0 atom stereocenters. The van der Waals surface area contributed by atoms with Crippen molar-refractivity contribution in [3.63, 3.8) is 0 Å². The van der Waals surface area contributed by atoms with Gasteiger partial charge in [-0.1, -0.05) is 23.6 Å². The van der Waals surface area contributed by atoms with Gasteiger partial charge >= 0.3 is 0 Å². The predicted octanol–water partition coefficient (Wildman–Crippen LogP) is 3.63. The molecule has 0 N–H and O–H groups in total. The van der Waals surface area contributed by atoms with E-state index in [4.69, 9.17) is 16.3 Å². The number of nitrogens with zero attached hydrogens (tertiary/aromatic N) is 4. The highest BCUT2D eigenvalue weighted by Gasteiger charge is 2.08. The van der Waals surface area contributed by atoms with Crippen LogP contribution in [0.5, 0.6) is 5.88 Å². The first-order chi connectivity index (χ1) is 11.2. The summed E-state index contributed by atoms with van der Waals surface area (Å²) in [5, 5.41) is 1.19. The van der Waals surface area contributed by atoms with E-state index in [-0.39, 0.29) is 6.61 Å². The van der Waals surface area contributed by atoms with Crippen LogP contribution in [-0.2, 0) is 0 Å². The third-order valence-corrected chi connectivity index (χ3v) is 3.99. The van der Waals surface area contributed by atoms with Gasteiger partial charge in [0.15, 0.2) is 11.8 Å². The van der Waals surface area contributed by atoms with Crippen molar-refractivity contribution in [2.45, 2.75) is 6.92 Å². The first-order valence-corrected chi connectivity index (χ1v) is 7.74. The van der Waals surface area contributed by atoms with Crippen LogP contribution in [-0.4, -0.2) is 28.3 Å². The summed E-state index contributed by atoms with van der Waals surface area (Å²) in [6, 6.07) is 0. The van der Waals surface area contributed by atoms with E-state index < -0.39 is 0 Å². The van der Waals surface area contributed by atoms with Crippen molar-refractivity contribution < 1.29 is 4.74 Å². The maximum atomic E-state index is 6.11. The zero-order valence-corrected chi connectivity index (χ0v) is 13.9. The van der Waals surface area contributed by atoms with Crippen LogP contribution >= 0.6 is 22.9 Å². The number of allylic oxidation sites excluding steroid dienone is 3. The molecule has 0 aromatic carbocycles. The molecule has 23 heavy (non-hydrogen) atoms. The van der Waals surface area contributed by atoms with Gasteiger partial charge in [0, 0.05) is 18.6 Å². The molecule has 0 aliphatic rings. The molecule has 116 valence electrons. The van der Waals surface area contributed by atoms with E-state index in [0.717, 1.165) is 10.6 Å². The van der Waals surface area contributed by atoms with Crippen molar-refractivity contribution >= 4 is 35.2 Å². The molecule has 2 heterocycles. The van der Waals surface area contributed by atoms with E-state index in [2.05, 4.69) is 38.5 Å². The van der Waals surface area contributed by atoms with E-state index >= 15 is 0 Å². The second-order valence-corrected chi connectivity index (χ2v) is 5.50. The number of hydrogen-bond acceptors (Lipinski definition) is 6. The van der Waals surface area contributed by atoms with Gasteiger partial charge < -0.3 is 4.74 Å². The van der Waals surface area contributed by atoms with Gasteiger partial charge in [-0.2, -0.15) is 0 Å². The van der Waals surface area contributed by atoms with E-state index in [9.17, 15) is 0 Å². The van der Waals surface area contributed by atoms with Crippen molar-refractivity contribution in [1.82, 2.24) is 15.0 Å². The van der Waals surface area contributed by atoms with Crippen molar-refractivity contribution in [2.24, 2.45) is 4.99 Å². The Labute approximate surface area is 143 Å². The molecule has 7 heteroatoms. The molecule has 0 fully saturated rings. The summed E-state index contributed by atoms with van der Waals surface area (Å²) in [5.74, 6) is 6.27. The molecule has 0 radical (unpaired) electrons. The molecule has 0 aliphatic heterocycles. The fourth-order valence-electron chi connectivity index (χ4n) is 1.45. The Morgan fingerprint density at radius 2 is 2.39 bits per heavy atom. The van der Waals surface area contributed by atoms with E-state index in [0.29, 0.717) is 15.9 Å². The molecule has 2 aromatic heterocycles. The molecule has 0 unspecified atom stereocenters. The number of aromatic nitrogens is 3. The van der Waals surface area contributed by atoms with Crippen LogP contribution in [0.4, 0.5) is 0 Å². The number of ether oxygens (including phenoxy) is 1. The first-order valence-electron chi connectivity index (χ1n) is 6.54. The van der Waals surface area contributed by atoms with Gasteiger partial charge in [-0.25, -0.2) is 9.97 Å². The monoisotopic (exact) mass is 344 g/mol. The van der Waals surface area contributed by atoms with Crippen LogP contribution in [0.2, 0.25) is 5.15 Å². The standard InChI is InChI=1S/C16H13ClN4OS/c1-12(5-3-7-18-2)16-21-15(17)13(23-16)6-4-10-22-14-11-19-8-9-20-14/h3,5,7-9,11H,2,10H2,1H3. The Hall–Kier alpha value is -2.49. The van der Waals surface area contributed by atoms with Gasteiger partial charge in [-0.05, 0) is 31.2 Å². The van der Waals surface area contributed by atoms with Crippen molar-refractivity contribution in [1.29, 1.82) is 0 Å². The topological polar surface area (TPSA) is 60.3 Å². The highest BCUT2D eigenvalue weighted by atomic mass is 35.5. The largest absolute Gasteiger partial charge is 0.463 e. The fraction of sp³-hybridized carbons (Fsp3) is 0.125. The van der Waals surface area contributed by atoms with Crippen molar-refractivity contribution in [2.75, 3.05) is 6.61 Å². The molecule has 2 rings (SSSR count). The summed E-state index contributed by atoms with van der Waals surface area (Å²) in [6.45, 7) is 5.51. The van der Waals surface area contributed by atoms with Gasteiger partial charge in [0.05, 0.1) is 6.20 Å². The van der Waals surface area contributed by atoms with Gasteiger partial charge in [0.1, 0.15) is 9.88 Å². The Balaban J connectivity index is 2.02. The minimum atomic E-state index is 0.199. The normalized spacial score (nSPS) is 11.1. The maximum Gasteiger partial charge on any atom is 0.233 e. The second kappa shape index (κ2) is 8.83. The predicted molar refractivity (Wildman–Crippen MR) is 93.9 cm³/mol. The van der Waals surface area contributed by atoms with E-state index in [1.54, 1.807) is 24.7 Å². The molecule has 0 spiro atoms. The van der Waals surface area contributed by atoms with Crippen molar-refractivity contribution in [3.8, 4) is 17.7 Å². The number of aliphatic imine (C=N–C) groups is 1. The Morgan fingerprint density at radius 3 is 3.13 bits per heavy atom. The van der Waals surface area contributed by atoms with Crippen LogP contribution < -0.4 is 4.74 Å². The third-order valence-electron chi connectivity index (χ3n) is 2.49. The zero-order chi connectivity index (χ0) is 16.5. The van der Waals surface area contributed by atoms with Gasteiger partial charge in [0.25, 0.3) is 0 Å². The Morgan fingerprint density at radius 1 is 1.52 bits per heavy atom. The molecular formula is C16H13ClN4OS. The number of thiazole rings is 1. The lowest BCUT2D eigenvalue weighted by molar-refractivity contribution is 0.353. The molecule has 2 aromatic rings. The summed E-state index contributed by atoms with van der Waals surface area (Å²) >= 11 is 7.53. The van der Waals surface area contributed by atoms with Gasteiger partial charge in [0.2, 0.25) is 5.88 Å². The SMILES string of the molecule is C=NC=CC=C(C)c1nc(Cl)c(C#CCOc2cnccn2)s1. The first kappa shape index (κ1) is 16.9. The molecule has 0 bridgehead atoms. The average Bonchev–Trinajstić information content (AvgIpc) is 2.94. The Kier molecular flexibility index (Phi) is 6.48. The lowest BCUT2D eigenvalue weighted by Gasteiger charge is -1.97. The smallest absolute Gasteiger partial charge is 0.233 e. The Bertz CT molecular complexity index is 787. The van der Waals surface area contributed by atoms with Gasteiger partial charge in [-0.3, -0.25) is 9.98 Å². The highest BCUT2D eigenvalue weighted by Crippen LogP contribution is 2.27. The lowest BCUT2D eigenvalue weighted by atomic mass is 10.3. The number of rotatable bonds is 5. The number of halogens is 1. The summed E-state index contributed by atoms with van der Waals surface area (Å²) in [6.07, 6.45) is 9.94. The van der Waals surface area contributed by atoms with Gasteiger partial charge in [-0.15, -0.1) is 11.3 Å². The molecular weight excluding hydrogens is 332 g/mol. The quantitative estimate of drug-likeness (QED) is 0.472. The molecule has 0 saturated carbocycles. The summed E-state index contributed by atoms with van der Waals surface area (Å²) in [7, 11) is 0. The van der Waals surface area contributed by atoms with E-state index in [1.165, 1.54) is 17.5 Å². The lowest BCUT2D eigenvalue weighted by Crippen LogP contribution is -1.96. The van der Waals surface area contributed by atoms with E-state index in [1.807, 2.05) is 13.0 Å². The van der Waals surface area contributed by atoms with Crippen LogP contribution in [0.15, 0.2) is 41.9 Å². The van der Waals surface area contributed by atoms with Crippen LogP contribution in [0.1, 0.15) is 16.8 Å². The molecule has 0 aliphatic carbocycles.